The van der Waals surface area contributed by atoms with Gasteiger partial charge in [0.25, 0.3) is 0 Å². The first-order valence-electron chi connectivity index (χ1n) is 6.87. The molecule has 3 aromatic rings. The van der Waals surface area contributed by atoms with Crippen LogP contribution in [0.4, 0.5) is 0 Å². The lowest BCUT2D eigenvalue weighted by Gasteiger charge is -2.02. The number of aromatic nitrogens is 2. The first kappa shape index (κ1) is 13.3. The summed E-state index contributed by atoms with van der Waals surface area (Å²) in [4.78, 5) is 19.7. The molecule has 21 heavy (non-hydrogen) atoms. The minimum Gasteiger partial charge on any atom is -0.345 e. The number of fused-ring (bicyclic) bond motifs is 1. The molecule has 2 heterocycles. The molecule has 0 amide bonds. The van der Waals surface area contributed by atoms with Crippen molar-refractivity contribution in [2.75, 3.05) is 0 Å². The van der Waals surface area contributed by atoms with Crippen LogP contribution in [0.5, 0.6) is 0 Å². The predicted octanol–water partition coefficient (Wildman–Crippen LogP) is 4.38. The molecule has 3 rings (SSSR count). The summed E-state index contributed by atoms with van der Waals surface area (Å²) in [6.45, 7) is 3.83. The van der Waals surface area contributed by atoms with Crippen molar-refractivity contribution < 1.29 is 4.79 Å². The Labute approximate surface area is 123 Å². The number of carbonyl (C=O) groups excluding carboxylic acids is 1. The molecular weight excluding hydrogens is 260 g/mol. The Morgan fingerprint density at radius 2 is 1.90 bits per heavy atom. The van der Waals surface area contributed by atoms with Crippen LogP contribution in [0.25, 0.3) is 22.2 Å². The van der Waals surface area contributed by atoms with Crippen LogP contribution in [0.3, 0.4) is 0 Å². The molecule has 1 aromatic carbocycles. The van der Waals surface area contributed by atoms with Crippen LogP contribution in [0, 0.1) is 0 Å². The monoisotopic (exact) mass is 276 g/mol. The molecule has 1 N–H and O–H groups in total. The number of hydrogen-bond donors (Lipinski definition) is 1. The van der Waals surface area contributed by atoms with Crippen molar-refractivity contribution in [2.24, 2.45) is 0 Å². The molecule has 0 atom stereocenters. The van der Waals surface area contributed by atoms with Crippen LogP contribution >= 0.6 is 0 Å². The van der Waals surface area contributed by atoms with E-state index in [-0.39, 0.29) is 5.78 Å². The summed E-state index contributed by atoms with van der Waals surface area (Å²) in [5.74, 6) is 0.00765. The number of aromatic amines is 1. The number of ketones is 1. The SMILES string of the molecule is CC(C)=CC(=O)c1c[nH]c2ncc(-c3ccccc3)cc12. The van der Waals surface area contributed by atoms with E-state index in [0.29, 0.717) is 5.56 Å². The Kier molecular flexibility index (Phi) is 3.40. The summed E-state index contributed by atoms with van der Waals surface area (Å²) < 4.78 is 0. The molecule has 0 spiro atoms. The number of nitrogens with one attached hydrogen (secondary N) is 1. The van der Waals surface area contributed by atoms with E-state index in [1.54, 1.807) is 12.3 Å². The molecule has 104 valence electrons. The molecule has 0 aliphatic carbocycles. The van der Waals surface area contributed by atoms with Crippen molar-refractivity contribution in [3.05, 3.63) is 66.0 Å². The van der Waals surface area contributed by atoms with Gasteiger partial charge in [-0.05, 0) is 31.6 Å². The Morgan fingerprint density at radius 3 is 2.62 bits per heavy atom. The van der Waals surface area contributed by atoms with Gasteiger partial charge in [0.2, 0.25) is 0 Å². The number of nitrogens with zero attached hydrogens (tertiary/aromatic N) is 1. The van der Waals surface area contributed by atoms with E-state index in [2.05, 4.69) is 9.97 Å². The van der Waals surface area contributed by atoms with Gasteiger partial charge in [0, 0.05) is 28.9 Å². The topological polar surface area (TPSA) is 45.8 Å². The highest BCUT2D eigenvalue weighted by Crippen LogP contribution is 2.25. The normalized spacial score (nSPS) is 10.6. The van der Waals surface area contributed by atoms with Crippen molar-refractivity contribution in [3.63, 3.8) is 0 Å². The van der Waals surface area contributed by atoms with Crippen LogP contribution in [0.1, 0.15) is 24.2 Å². The lowest BCUT2D eigenvalue weighted by atomic mass is 10.0. The fraction of sp³-hybridized carbons (Fsp3) is 0.111. The summed E-state index contributed by atoms with van der Waals surface area (Å²) in [5, 5.41) is 0.860. The largest absolute Gasteiger partial charge is 0.345 e. The number of hydrogen-bond acceptors (Lipinski definition) is 2. The summed E-state index contributed by atoms with van der Waals surface area (Å²) in [6.07, 6.45) is 5.20. The zero-order valence-corrected chi connectivity index (χ0v) is 12.1. The molecule has 0 aliphatic heterocycles. The number of pyridine rings is 1. The number of rotatable bonds is 3. The summed E-state index contributed by atoms with van der Waals surface area (Å²) in [6, 6.07) is 12.0. The van der Waals surface area contributed by atoms with E-state index < -0.39 is 0 Å². The zero-order valence-electron chi connectivity index (χ0n) is 12.1. The Morgan fingerprint density at radius 1 is 1.14 bits per heavy atom. The van der Waals surface area contributed by atoms with Crippen LogP contribution < -0.4 is 0 Å². The van der Waals surface area contributed by atoms with E-state index >= 15 is 0 Å². The fourth-order valence-corrected chi connectivity index (χ4v) is 2.34. The zero-order chi connectivity index (χ0) is 14.8. The van der Waals surface area contributed by atoms with E-state index in [0.717, 1.165) is 27.7 Å². The summed E-state index contributed by atoms with van der Waals surface area (Å²) in [5.41, 5.74) is 4.49. The average molecular weight is 276 g/mol. The van der Waals surface area contributed by atoms with E-state index in [4.69, 9.17) is 0 Å². The Bertz CT molecular complexity index is 825. The third kappa shape index (κ3) is 2.63. The van der Waals surface area contributed by atoms with Crippen molar-refractivity contribution in [1.29, 1.82) is 0 Å². The van der Waals surface area contributed by atoms with Crippen molar-refractivity contribution in [2.45, 2.75) is 13.8 Å². The number of H-pyrrole nitrogens is 1. The fourth-order valence-electron chi connectivity index (χ4n) is 2.34. The van der Waals surface area contributed by atoms with E-state index in [1.807, 2.05) is 56.4 Å². The van der Waals surface area contributed by atoms with Gasteiger partial charge < -0.3 is 4.98 Å². The number of carbonyl (C=O) groups is 1. The van der Waals surface area contributed by atoms with Gasteiger partial charge >= 0.3 is 0 Å². The molecule has 0 unspecified atom stereocenters. The molecule has 0 radical (unpaired) electrons. The molecule has 0 saturated carbocycles. The summed E-state index contributed by atoms with van der Waals surface area (Å²) in [7, 11) is 0. The molecule has 0 aliphatic rings. The molecular formula is C18H16N2O. The van der Waals surface area contributed by atoms with Crippen LogP contribution in [0.2, 0.25) is 0 Å². The molecule has 3 heteroatoms. The van der Waals surface area contributed by atoms with Crippen molar-refractivity contribution in [3.8, 4) is 11.1 Å². The van der Waals surface area contributed by atoms with Gasteiger partial charge in [0.1, 0.15) is 5.65 Å². The van der Waals surface area contributed by atoms with Crippen LogP contribution in [-0.2, 0) is 0 Å². The van der Waals surface area contributed by atoms with Gasteiger partial charge in [-0.3, -0.25) is 4.79 Å². The smallest absolute Gasteiger partial charge is 0.187 e. The Hall–Kier alpha value is -2.68. The van der Waals surface area contributed by atoms with Gasteiger partial charge in [0.15, 0.2) is 5.78 Å². The minimum absolute atomic E-state index is 0.00765. The highest BCUT2D eigenvalue weighted by atomic mass is 16.1. The van der Waals surface area contributed by atoms with Gasteiger partial charge in [-0.15, -0.1) is 0 Å². The standard InChI is InChI=1S/C18H16N2O/c1-12(2)8-17(21)16-11-20-18-15(16)9-14(10-19-18)13-6-4-3-5-7-13/h3-11H,1-2H3,(H,19,20). The molecule has 0 saturated heterocycles. The number of benzene rings is 1. The molecule has 2 aromatic heterocycles. The second-order valence-electron chi connectivity index (χ2n) is 5.27. The average Bonchev–Trinajstić information content (AvgIpc) is 2.90. The third-order valence-electron chi connectivity index (χ3n) is 3.32. The van der Waals surface area contributed by atoms with Crippen molar-refractivity contribution in [1.82, 2.24) is 9.97 Å². The molecule has 0 fully saturated rings. The maximum Gasteiger partial charge on any atom is 0.187 e. The summed E-state index contributed by atoms with van der Waals surface area (Å²) >= 11 is 0. The lowest BCUT2D eigenvalue weighted by Crippen LogP contribution is -1.94. The third-order valence-corrected chi connectivity index (χ3v) is 3.32. The maximum atomic E-state index is 12.3. The van der Waals surface area contributed by atoms with Crippen LogP contribution in [0.15, 0.2) is 60.4 Å². The highest BCUT2D eigenvalue weighted by Gasteiger charge is 2.11. The number of allylic oxidation sites excluding steroid dienone is 2. The quantitative estimate of drug-likeness (QED) is 0.570. The van der Waals surface area contributed by atoms with Gasteiger partial charge in [0.05, 0.1) is 0 Å². The molecule has 3 nitrogen and oxygen atoms in total. The first-order valence-corrected chi connectivity index (χ1v) is 6.87. The minimum atomic E-state index is 0.00765. The van der Waals surface area contributed by atoms with Crippen molar-refractivity contribution >= 4 is 16.8 Å². The van der Waals surface area contributed by atoms with Gasteiger partial charge in [-0.1, -0.05) is 35.9 Å². The first-order chi connectivity index (χ1) is 10.1. The maximum absolute atomic E-state index is 12.3. The Balaban J connectivity index is 2.13. The predicted molar refractivity (Wildman–Crippen MR) is 85.3 cm³/mol. The highest BCUT2D eigenvalue weighted by molar-refractivity contribution is 6.13. The van der Waals surface area contributed by atoms with E-state index in [9.17, 15) is 4.79 Å². The second-order valence-corrected chi connectivity index (χ2v) is 5.27. The lowest BCUT2D eigenvalue weighted by molar-refractivity contribution is 0.104. The van der Waals surface area contributed by atoms with Gasteiger partial charge in [-0.2, -0.15) is 0 Å². The van der Waals surface area contributed by atoms with E-state index in [1.165, 1.54) is 0 Å². The molecule has 0 bridgehead atoms. The van der Waals surface area contributed by atoms with Gasteiger partial charge in [-0.25, -0.2) is 4.98 Å². The second kappa shape index (κ2) is 5.37. The van der Waals surface area contributed by atoms with Crippen LogP contribution in [-0.4, -0.2) is 15.8 Å².